The summed E-state index contributed by atoms with van der Waals surface area (Å²) in [4.78, 5) is 0. The van der Waals surface area contributed by atoms with Crippen LogP contribution in [0.4, 0.5) is 0 Å². The van der Waals surface area contributed by atoms with E-state index in [1.807, 2.05) is 0 Å². The highest BCUT2D eigenvalue weighted by Crippen LogP contribution is 2.40. The van der Waals surface area contributed by atoms with Crippen LogP contribution in [-0.2, 0) is 5.41 Å². The molecule has 1 saturated heterocycles. The molecule has 1 fully saturated rings. The first-order valence-corrected chi connectivity index (χ1v) is 7.25. The molecule has 0 bridgehead atoms. The minimum Gasteiger partial charge on any atom is -0.496 e. The Hall–Kier alpha value is -1.02. The molecule has 1 aromatic carbocycles. The van der Waals surface area contributed by atoms with E-state index in [1.54, 1.807) is 7.11 Å². The molecule has 0 amide bonds. The second-order valence-electron chi connectivity index (χ2n) is 6.99. The number of methoxy groups -OCH3 is 1. The van der Waals surface area contributed by atoms with E-state index in [9.17, 15) is 0 Å². The third kappa shape index (κ3) is 2.94. The molecule has 0 aromatic heterocycles. The van der Waals surface area contributed by atoms with Crippen LogP contribution in [-0.4, -0.2) is 13.7 Å². The molecule has 1 aromatic rings. The van der Waals surface area contributed by atoms with Crippen molar-refractivity contribution in [3.8, 4) is 5.75 Å². The molecule has 19 heavy (non-hydrogen) atoms. The fraction of sp³-hybridized carbons (Fsp3) is 0.647. The maximum Gasteiger partial charge on any atom is 0.127 e. The van der Waals surface area contributed by atoms with Crippen molar-refractivity contribution in [1.29, 1.82) is 0 Å². The quantitative estimate of drug-likeness (QED) is 0.869. The molecule has 0 aliphatic carbocycles. The molecule has 0 saturated carbocycles. The van der Waals surface area contributed by atoms with Crippen LogP contribution in [0.1, 0.15) is 56.8 Å². The second kappa shape index (κ2) is 5.16. The predicted octanol–water partition coefficient (Wildman–Crippen LogP) is 3.97. The number of nitrogens with one attached hydrogen (secondary N) is 1. The molecule has 0 spiro atoms. The van der Waals surface area contributed by atoms with Gasteiger partial charge in [-0.05, 0) is 31.2 Å². The van der Waals surface area contributed by atoms with Crippen molar-refractivity contribution in [2.75, 3.05) is 13.7 Å². The summed E-state index contributed by atoms with van der Waals surface area (Å²) in [7, 11) is 1.79. The Bertz CT molecular complexity index is 459. The first-order valence-electron chi connectivity index (χ1n) is 7.25. The number of rotatable bonds is 2. The molecule has 2 atom stereocenters. The molecule has 0 radical (unpaired) electrons. The van der Waals surface area contributed by atoms with Gasteiger partial charge in [0, 0.05) is 17.2 Å². The normalized spacial score (nSPS) is 23.7. The summed E-state index contributed by atoms with van der Waals surface area (Å²) in [5.74, 6) is 1.82. The van der Waals surface area contributed by atoms with E-state index in [2.05, 4.69) is 52.1 Å². The Labute approximate surface area is 117 Å². The average Bonchev–Trinajstić information content (AvgIpc) is 2.73. The largest absolute Gasteiger partial charge is 0.496 e. The molecule has 1 aliphatic rings. The summed E-state index contributed by atoms with van der Waals surface area (Å²) in [5.41, 5.74) is 4.07. The van der Waals surface area contributed by atoms with Gasteiger partial charge < -0.3 is 10.1 Å². The maximum absolute atomic E-state index is 5.77. The van der Waals surface area contributed by atoms with Gasteiger partial charge in [0.15, 0.2) is 0 Å². The van der Waals surface area contributed by atoms with Crippen LogP contribution in [0.5, 0.6) is 5.75 Å². The van der Waals surface area contributed by atoms with Gasteiger partial charge in [0.25, 0.3) is 0 Å². The molecule has 2 rings (SSSR count). The Morgan fingerprint density at radius 1 is 1.26 bits per heavy atom. The Morgan fingerprint density at radius 3 is 2.42 bits per heavy atom. The minimum atomic E-state index is 0.107. The first kappa shape index (κ1) is 14.4. The number of ether oxygens (including phenoxy) is 1. The van der Waals surface area contributed by atoms with Crippen LogP contribution < -0.4 is 10.1 Å². The number of aryl methyl sites for hydroxylation is 1. The van der Waals surface area contributed by atoms with Crippen LogP contribution in [0.25, 0.3) is 0 Å². The Morgan fingerprint density at radius 2 is 1.95 bits per heavy atom. The van der Waals surface area contributed by atoms with E-state index in [0.29, 0.717) is 6.04 Å². The molecular weight excluding hydrogens is 234 g/mol. The smallest absolute Gasteiger partial charge is 0.127 e. The summed E-state index contributed by atoms with van der Waals surface area (Å²) >= 11 is 0. The third-order valence-corrected chi connectivity index (χ3v) is 4.00. The van der Waals surface area contributed by atoms with E-state index in [-0.39, 0.29) is 5.41 Å². The molecular formula is C17H27NO. The zero-order chi connectivity index (χ0) is 14.2. The topological polar surface area (TPSA) is 21.3 Å². The van der Waals surface area contributed by atoms with Crippen LogP contribution >= 0.6 is 0 Å². The second-order valence-corrected chi connectivity index (χ2v) is 6.99. The molecule has 2 nitrogen and oxygen atoms in total. The highest BCUT2D eigenvalue weighted by molar-refractivity contribution is 5.49. The zero-order valence-electron chi connectivity index (χ0n) is 13.1. The highest BCUT2D eigenvalue weighted by Gasteiger charge is 2.28. The SMILES string of the molecule is COc1c(C2CC(C)CN2)cc(C)cc1C(C)(C)C. The van der Waals surface area contributed by atoms with Crippen molar-refractivity contribution < 1.29 is 4.74 Å². The average molecular weight is 261 g/mol. The van der Waals surface area contributed by atoms with Gasteiger partial charge in [-0.3, -0.25) is 0 Å². The van der Waals surface area contributed by atoms with Gasteiger partial charge >= 0.3 is 0 Å². The van der Waals surface area contributed by atoms with Crippen LogP contribution in [0.15, 0.2) is 12.1 Å². The maximum atomic E-state index is 5.77. The zero-order valence-corrected chi connectivity index (χ0v) is 13.1. The molecule has 1 heterocycles. The van der Waals surface area contributed by atoms with Crippen LogP contribution in [0, 0.1) is 12.8 Å². The lowest BCUT2D eigenvalue weighted by molar-refractivity contribution is 0.386. The summed E-state index contributed by atoms with van der Waals surface area (Å²) in [6, 6.07) is 4.98. The fourth-order valence-electron chi connectivity index (χ4n) is 2.99. The van der Waals surface area contributed by atoms with E-state index >= 15 is 0 Å². The van der Waals surface area contributed by atoms with Gasteiger partial charge in [0.1, 0.15) is 5.75 Å². The molecule has 1 aliphatic heterocycles. The lowest BCUT2D eigenvalue weighted by Crippen LogP contribution is -2.18. The monoisotopic (exact) mass is 261 g/mol. The summed E-state index contributed by atoms with van der Waals surface area (Å²) in [6.45, 7) is 12.3. The van der Waals surface area contributed by atoms with Crippen molar-refractivity contribution in [3.05, 3.63) is 28.8 Å². The van der Waals surface area contributed by atoms with Crippen molar-refractivity contribution >= 4 is 0 Å². The summed E-state index contributed by atoms with van der Waals surface area (Å²) in [6.07, 6.45) is 1.20. The minimum absolute atomic E-state index is 0.107. The molecule has 2 unspecified atom stereocenters. The van der Waals surface area contributed by atoms with Crippen LogP contribution in [0.3, 0.4) is 0 Å². The van der Waals surface area contributed by atoms with E-state index in [4.69, 9.17) is 4.74 Å². The highest BCUT2D eigenvalue weighted by atomic mass is 16.5. The Balaban J connectivity index is 2.51. The standard InChI is InChI=1S/C17H27NO/c1-11-7-13(15-9-12(2)10-18-15)16(19-6)14(8-11)17(3,4)5/h7-8,12,15,18H,9-10H2,1-6H3. The van der Waals surface area contributed by atoms with Gasteiger partial charge in [0.2, 0.25) is 0 Å². The molecule has 2 heteroatoms. The van der Waals surface area contributed by atoms with Gasteiger partial charge in [-0.1, -0.05) is 45.4 Å². The van der Waals surface area contributed by atoms with Gasteiger partial charge in [-0.25, -0.2) is 0 Å². The summed E-state index contributed by atoms with van der Waals surface area (Å²) < 4.78 is 5.77. The lowest BCUT2D eigenvalue weighted by Gasteiger charge is -2.26. The van der Waals surface area contributed by atoms with Crippen molar-refractivity contribution in [2.45, 2.75) is 52.5 Å². The van der Waals surface area contributed by atoms with Gasteiger partial charge in [0.05, 0.1) is 7.11 Å². The van der Waals surface area contributed by atoms with Crippen LogP contribution in [0.2, 0.25) is 0 Å². The van der Waals surface area contributed by atoms with Crippen molar-refractivity contribution in [2.24, 2.45) is 5.92 Å². The van der Waals surface area contributed by atoms with E-state index in [0.717, 1.165) is 18.2 Å². The number of hydrogen-bond acceptors (Lipinski definition) is 2. The van der Waals surface area contributed by atoms with Crippen molar-refractivity contribution in [3.63, 3.8) is 0 Å². The van der Waals surface area contributed by atoms with Crippen molar-refractivity contribution in [1.82, 2.24) is 5.32 Å². The third-order valence-electron chi connectivity index (χ3n) is 4.00. The Kier molecular flexibility index (Phi) is 3.91. The molecule has 106 valence electrons. The first-order chi connectivity index (χ1) is 8.82. The number of hydrogen-bond donors (Lipinski definition) is 1. The summed E-state index contributed by atoms with van der Waals surface area (Å²) in [5, 5.41) is 3.62. The van der Waals surface area contributed by atoms with E-state index < -0.39 is 0 Å². The van der Waals surface area contributed by atoms with Gasteiger partial charge in [-0.15, -0.1) is 0 Å². The fourth-order valence-corrected chi connectivity index (χ4v) is 2.99. The van der Waals surface area contributed by atoms with E-state index in [1.165, 1.54) is 23.1 Å². The molecule has 1 N–H and O–H groups in total. The predicted molar refractivity (Wildman–Crippen MR) is 81.0 cm³/mol. The lowest BCUT2D eigenvalue weighted by atomic mass is 9.83. The number of benzene rings is 1. The van der Waals surface area contributed by atoms with Gasteiger partial charge in [-0.2, -0.15) is 0 Å².